The molecule has 0 aliphatic heterocycles. The van der Waals surface area contributed by atoms with Crippen LogP contribution in [-0.4, -0.2) is 19.7 Å². The summed E-state index contributed by atoms with van der Waals surface area (Å²) in [6.07, 6.45) is 3.43. The van der Waals surface area contributed by atoms with E-state index in [9.17, 15) is 0 Å². The van der Waals surface area contributed by atoms with Gasteiger partial charge in [-0.2, -0.15) is 0 Å². The molecule has 0 spiro atoms. The highest BCUT2D eigenvalue weighted by molar-refractivity contribution is 9.10. The van der Waals surface area contributed by atoms with Gasteiger partial charge in [0.1, 0.15) is 12.0 Å². The van der Waals surface area contributed by atoms with E-state index < -0.39 is 0 Å². The van der Waals surface area contributed by atoms with Crippen LogP contribution in [0.25, 0.3) is 17.2 Å². The third-order valence-corrected chi connectivity index (χ3v) is 3.19. The van der Waals surface area contributed by atoms with Crippen LogP contribution in [0.4, 0.5) is 0 Å². The van der Waals surface area contributed by atoms with Crippen LogP contribution >= 0.6 is 15.9 Å². The van der Waals surface area contributed by atoms with Crippen LogP contribution in [0.3, 0.4) is 0 Å². The molecule has 0 bridgehead atoms. The summed E-state index contributed by atoms with van der Waals surface area (Å²) in [5.74, 6) is 0.716. The number of hydrogen-bond acceptors (Lipinski definition) is 3. The molecular weight excluding hydrogens is 292 g/mol. The predicted octanol–water partition coefficient (Wildman–Crippen LogP) is 3.09. The van der Waals surface area contributed by atoms with Gasteiger partial charge in [0, 0.05) is 16.4 Å². The lowest BCUT2D eigenvalue weighted by Crippen LogP contribution is -1.97. The van der Waals surface area contributed by atoms with E-state index in [1.165, 1.54) is 0 Å². The molecule has 0 N–H and O–H groups in total. The summed E-state index contributed by atoms with van der Waals surface area (Å²) >= 11 is 3.48. The molecule has 0 atom stereocenters. The molecule has 2 heterocycles. The smallest absolute Gasteiger partial charge is 0.188 e. The van der Waals surface area contributed by atoms with Gasteiger partial charge in [0.05, 0.1) is 0 Å². The maximum Gasteiger partial charge on any atom is 0.188 e. The highest BCUT2D eigenvalue weighted by Gasteiger charge is 2.12. The molecule has 0 fully saturated rings. The predicted molar refractivity (Wildman–Crippen MR) is 72.3 cm³/mol. The SMILES string of the molecule is Brc1cccnc1-c1nncn1-c1ccccc1. The molecule has 5 heteroatoms. The van der Waals surface area contributed by atoms with E-state index in [1.54, 1.807) is 12.5 Å². The number of hydrogen-bond donors (Lipinski definition) is 0. The van der Waals surface area contributed by atoms with Crippen molar-refractivity contribution in [2.24, 2.45) is 0 Å². The van der Waals surface area contributed by atoms with Gasteiger partial charge in [-0.25, -0.2) is 0 Å². The Morgan fingerprint density at radius 2 is 1.83 bits per heavy atom. The van der Waals surface area contributed by atoms with Crippen LogP contribution < -0.4 is 0 Å². The summed E-state index contributed by atoms with van der Waals surface area (Å²) in [6.45, 7) is 0. The van der Waals surface area contributed by atoms with Crippen molar-refractivity contribution in [3.63, 3.8) is 0 Å². The summed E-state index contributed by atoms with van der Waals surface area (Å²) in [6, 6.07) is 13.7. The number of rotatable bonds is 2. The Morgan fingerprint density at radius 1 is 1.00 bits per heavy atom. The number of para-hydroxylation sites is 1. The van der Waals surface area contributed by atoms with Gasteiger partial charge < -0.3 is 0 Å². The average Bonchev–Trinajstić information content (AvgIpc) is 2.89. The normalized spacial score (nSPS) is 10.5. The van der Waals surface area contributed by atoms with Crippen LogP contribution in [0, 0.1) is 0 Å². The molecule has 0 unspecified atom stereocenters. The van der Waals surface area contributed by atoms with E-state index in [0.717, 1.165) is 15.9 Å². The van der Waals surface area contributed by atoms with Gasteiger partial charge in [-0.15, -0.1) is 10.2 Å². The van der Waals surface area contributed by atoms with Crippen LogP contribution in [0.2, 0.25) is 0 Å². The first-order valence-corrected chi connectivity index (χ1v) is 6.22. The van der Waals surface area contributed by atoms with Crippen LogP contribution in [0.1, 0.15) is 0 Å². The first kappa shape index (κ1) is 11.1. The summed E-state index contributed by atoms with van der Waals surface area (Å²) < 4.78 is 2.81. The summed E-state index contributed by atoms with van der Waals surface area (Å²) in [5.41, 5.74) is 1.79. The molecule has 1 aromatic carbocycles. The third kappa shape index (κ3) is 1.93. The van der Waals surface area contributed by atoms with Crippen molar-refractivity contribution >= 4 is 15.9 Å². The van der Waals surface area contributed by atoms with Gasteiger partial charge in [-0.05, 0) is 40.2 Å². The van der Waals surface area contributed by atoms with Gasteiger partial charge >= 0.3 is 0 Å². The Hall–Kier alpha value is -2.01. The molecule has 0 saturated heterocycles. The molecule has 18 heavy (non-hydrogen) atoms. The van der Waals surface area contributed by atoms with E-state index in [1.807, 2.05) is 47.0 Å². The average molecular weight is 301 g/mol. The summed E-state index contributed by atoms with van der Waals surface area (Å²) in [5, 5.41) is 8.11. The topological polar surface area (TPSA) is 43.6 Å². The Bertz CT molecular complexity index is 664. The van der Waals surface area contributed by atoms with Gasteiger partial charge in [0.25, 0.3) is 0 Å². The molecule has 0 aliphatic rings. The monoisotopic (exact) mass is 300 g/mol. The number of halogens is 1. The molecular formula is C13H9BrN4. The fourth-order valence-electron chi connectivity index (χ4n) is 1.72. The fourth-order valence-corrected chi connectivity index (χ4v) is 2.16. The third-order valence-electron chi connectivity index (χ3n) is 2.55. The van der Waals surface area contributed by atoms with Crippen molar-refractivity contribution in [1.82, 2.24) is 19.7 Å². The molecule has 3 rings (SSSR count). The van der Waals surface area contributed by atoms with Crippen molar-refractivity contribution in [2.75, 3.05) is 0 Å². The Balaban J connectivity index is 2.16. The van der Waals surface area contributed by atoms with Crippen LogP contribution in [0.5, 0.6) is 0 Å². The molecule has 4 nitrogen and oxygen atoms in total. The highest BCUT2D eigenvalue weighted by atomic mass is 79.9. The van der Waals surface area contributed by atoms with Crippen molar-refractivity contribution in [2.45, 2.75) is 0 Å². The molecule has 0 aliphatic carbocycles. The Labute approximate surface area is 112 Å². The maximum atomic E-state index is 4.34. The Morgan fingerprint density at radius 3 is 2.61 bits per heavy atom. The Kier molecular flexibility index (Phi) is 2.90. The lowest BCUT2D eigenvalue weighted by Gasteiger charge is -2.06. The molecule has 0 saturated carbocycles. The minimum absolute atomic E-state index is 0.716. The van der Waals surface area contributed by atoms with Gasteiger partial charge in [-0.1, -0.05) is 18.2 Å². The summed E-state index contributed by atoms with van der Waals surface area (Å²) in [4.78, 5) is 4.34. The standard InChI is InChI=1S/C13H9BrN4/c14-11-7-4-8-15-12(11)13-17-16-9-18(13)10-5-2-1-3-6-10/h1-9H. The zero-order chi connectivity index (χ0) is 12.4. The highest BCUT2D eigenvalue weighted by Crippen LogP contribution is 2.25. The fraction of sp³-hybridized carbons (Fsp3) is 0. The minimum Gasteiger partial charge on any atom is -0.280 e. The first-order valence-electron chi connectivity index (χ1n) is 5.42. The van der Waals surface area contributed by atoms with Crippen molar-refractivity contribution in [3.8, 4) is 17.2 Å². The molecule has 2 aromatic heterocycles. The second kappa shape index (κ2) is 4.70. The van der Waals surface area contributed by atoms with Crippen molar-refractivity contribution in [3.05, 3.63) is 59.5 Å². The number of nitrogens with zero attached hydrogens (tertiary/aromatic N) is 4. The van der Waals surface area contributed by atoms with E-state index in [2.05, 4.69) is 31.1 Å². The first-order chi connectivity index (χ1) is 8.86. The second-order valence-electron chi connectivity index (χ2n) is 3.69. The van der Waals surface area contributed by atoms with Gasteiger partial charge in [0.2, 0.25) is 0 Å². The number of aromatic nitrogens is 4. The van der Waals surface area contributed by atoms with Crippen molar-refractivity contribution < 1.29 is 0 Å². The molecule has 0 amide bonds. The zero-order valence-corrected chi connectivity index (χ0v) is 10.9. The van der Waals surface area contributed by atoms with E-state index >= 15 is 0 Å². The number of pyridine rings is 1. The molecule has 3 aromatic rings. The summed E-state index contributed by atoms with van der Waals surface area (Å²) in [7, 11) is 0. The maximum absolute atomic E-state index is 4.34. The lowest BCUT2D eigenvalue weighted by atomic mass is 10.3. The van der Waals surface area contributed by atoms with Crippen LogP contribution in [-0.2, 0) is 0 Å². The van der Waals surface area contributed by atoms with Crippen LogP contribution in [0.15, 0.2) is 59.5 Å². The van der Waals surface area contributed by atoms with E-state index in [-0.39, 0.29) is 0 Å². The van der Waals surface area contributed by atoms with Crippen molar-refractivity contribution in [1.29, 1.82) is 0 Å². The lowest BCUT2D eigenvalue weighted by molar-refractivity contribution is 1.05. The zero-order valence-electron chi connectivity index (χ0n) is 9.36. The molecule has 88 valence electrons. The molecule has 0 radical (unpaired) electrons. The minimum atomic E-state index is 0.716. The van der Waals surface area contributed by atoms with E-state index in [0.29, 0.717) is 5.82 Å². The quantitative estimate of drug-likeness (QED) is 0.730. The second-order valence-corrected chi connectivity index (χ2v) is 4.55. The number of benzene rings is 1. The van der Waals surface area contributed by atoms with Gasteiger partial charge in [0.15, 0.2) is 5.82 Å². The van der Waals surface area contributed by atoms with E-state index in [4.69, 9.17) is 0 Å². The van der Waals surface area contributed by atoms with Gasteiger partial charge in [-0.3, -0.25) is 9.55 Å². The largest absolute Gasteiger partial charge is 0.280 e.